The van der Waals surface area contributed by atoms with Crippen LogP contribution in [0.4, 0.5) is 0 Å². The Bertz CT molecular complexity index is 1160. The number of amides is 1. The molecule has 31 heavy (non-hydrogen) atoms. The van der Waals surface area contributed by atoms with Crippen LogP contribution in [0.2, 0.25) is 0 Å². The molecule has 4 nitrogen and oxygen atoms in total. The zero-order chi connectivity index (χ0) is 21.0. The number of piperidine rings is 1. The molecule has 2 heterocycles. The molecule has 0 saturated carbocycles. The first-order valence-electron chi connectivity index (χ1n) is 10.9. The molecule has 1 aliphatic heterocycles. The van der Waals surface area contributed by atoms with Crippen molar-refractivity contribution >= 4 is 16.8 Å². The highest BCUT2D eigenvalue weighted by molar-refractivity contribution is 5.94. The third-order valence-corrected chi connectivity index (χ3v) is 6.19. The summed E-state index contributed by atoms with van der Waals surface area (Å²) >= 11 is 0. The number of carbonyl (C=O) groups excluding carboxylic acids is 1. The van der Waals surface area contributed by atoms with Gasteiger partial charge in [-0.3, -0.25) is 4.79 Å². The molecule has 4 aromatic rings. The summed E-state index contributed by atoms with van der Waals surface area (Å²) in [7, 11) is 0. The molecule has 1 aromatic heterocycles. The molecule has 0 radical (unpaired) electrons. The zero-order valence-corrected chi connectivity index (χ0v) is 17.5. The minimum absolute atomic E-state index is 0.104. The lowest BCUT2D eigenvalue weighted by molar-refractivity contribution is 0.0713. The van der Waals surface area contributed by atoms with Crippen molar-refractivity contribution in [1.82, 2.24) is 9.88 Å². The van der Waals surface area contributed by atoms with Gasteiger partial charge in [-0.05, 0) is 60.2 Å². The molecule has 0 atom stereocenters. The van der Waals surface area contributed by atoms with Gasteiger partial charge in [0.15, 0.2) is 0 Å². The fourth-order valence-electron chi connectivity index (χ4n) is 4.44. The summed E-state index contributed by atoms with van der Waals surface area (Å²) in [6.07, 6.45) is 4.12. The van der Waals surface area contributed by atoms with Crippen LogP contribution in [0, 0.1) is 0 Å². The number of hydrogen-bond donors (Lipinski definition) is 1. The minimum Gasteiger partial charge on any atom is -0.489 e. The summed E-state index contributed by atoms with van der Waals surface area (Å²) in [6.45, 7) is 2.10. The summed E-state index contributed by atoms with van der Waals surface area (Å²) in [4.78, 5) is 18.3. The molecular formula is C27H26N2O2. The number of H-pyrrole nitrogens is 1. The number of carbonyl (C=O) groups is 1. The van der Waals surface area contributed by atoms with E-state index in [0.717, 1.165) is 42.8 Å². The summed E-state index contributed by atoms with van der Waals surface area (Å²) in [5.74, 6) is 1.37. The van der Waals surface area contributed by atoms with E-state index in [1.165, 1.54) is 16.5 Å². The van der Waals surface area contributed by atoms with Gasteiger partial charge in [-0.15, -0.1) is 0 Å². The Balaban J connectivity index is 1.18. The first-order valence-corrected chi connectivity index (χ1v) is 10.9. The second-order valence-electron chi connectivity index (χ2n) is 8.15. The Morgan fingerprint density at radius 2 is 1.61 bits per heavy atom. The lowest BCUT2D eigenvalue weighted by Crippen LogP contribution is -2.37. The molecule has 3 aromatic carbocycles. The van der Waals surface area contributed by atoms with Crippen LogP contribution in [-0.2, 0) is 6.61 Å². The van der Waals surface area contributed by atoms with E-state index in [0.29, 0.717) is 12.5 Å². The van der Waals surface area contributed by atoms with E-state index in [1.807, 2.05) is 59.5 Å². The van der Waals surface area contributed by atoms with Crippen LogP contribution in [-0.4, -0.2) is 28.9 Å². The molecule has 5 rings (SSSR count). The summed E-state index contributed by atoms with van der Waals surface area (Å²) in [5.41, 5.74) is 4.41. The van der Waals surface area contributed by atoms with E-state index >= 15 is 0 Å². The fourth-order valence-corrected chi connectivity index (χ4v) is 4.44. The molecule has 0 bridgehead atoms. The predicted molar refractivity (Wildman–Crippen MR) is 123 cm³/mol. The van der Waals surface area contributed by atoms with Crippen molar-refractivity contribution in [1.29, 1.82) is 0 Å². The van der Waals surface area contributed by atoms with Crippen LogP contribution < -0.4 is 4.74 Å². The predicted octanol–water partition coefficient (Wildman–Crippen LogP) is 5.77. The highest BCUT2D eigenvalue weighted by atomic mass is 16.5. The highest BCUT2D eigenvalue weighted by Crippen LogP contribution is 2.33. The number of fused-ring (bicyclic) bond motifs is 1. The normalized spacial score (nSPS) is 14.6. The van der Waals surface area contributed by atoms with Gasteiger partial charge in [-0.2, -0.15) is 0 Å². The van der Waals surface area contributed by atoms with Crippen molar-refractivity contribution in [3.63, 3.8) is 0 Å². The summed E-state index contributed by atoms with van der Waals surface area (Å²) < 4.78 is 5.83. The van der Waals surface area contributed by atoms with Gasteiger partial charge in [0.2, 0.25) is 0 Å². The van der Waals surface area contributed by atoms with Crippen LogP contribution in [0.25, 0.3) is 10.9 Å². The summed E-state index contributed by atoms with van der Waals surface area (Å²) in [6, 6.07) is 26.0. The number of para-hydroxylation sites is 1. The van der Waals surface area contributed by atoms with Crippen molar-refractivity contribution in [2.45, 2.75) is 25.4 Å². The highest BCUT2D eigenvalue weighted by Gasteiger charge is 2.26. The molecule has 1 N–H and O–H groups in total. The van der Waals surface area contributed by atoms with Crippen LogP contribution in [0.3, 0.4) is 0 Å². The van der Waals surface area contributed by atoms with E-state index < -0.39 is 0 Å². The Morgan fingerprint density at radius 1 is 0.903 bits per heavy atom. The van der Waals surface area contributed by atoms with E-state index in [-0.39, 0.29) is 5.91 Å². The number of nitrogens with one attached hydrogen (secondary N) is 1. The van der Waals surface area contributed by atoms with Crippen molar-refractivity contribution in [2.24, 2.45) is 0 Å². The number of rotatable bonds is 5. The quantitative estimate of drug-likeness (QED) is 0.454. The van der Waals surface area contributed by atoms with Gasteiger partial charge in [0.1, 0.15) is 12.4 Å². The Labute approximate surface area is 182 Å². The number of hydrogen-bond acceptors (Lipinski definition) is 2. The van der Waals surface area contributed by atoms with Gasteiger partial charge in [0, 0.05) is 35.8 Å². The monoisotopic (exact) mass is 410 g/mol. The molecule has 1 fully saturated rings. The number of aromatic nitrogens is 1. The average Bonchev–Trinajstić information content (AvgIpc) is 3.28. The first-order chi connectivity index (χ1) is 15.3. The van der Waals surface area contributed by atoms with E-state index in [9.17, 15) is 4.79 Å². The van der Waals surface area contributed by atoms with Crippen LogP contribution in [0.1, 0.15) is 40.2 Å². The molecule has 1 aliphatic rings. The van der Waals surface area contributed by atoms with Crippen LogP contribution >= 0.6 is 0 Å². The molecule has 0 aliphatic carbocycles. The van der Waals surface area contributed by atoms with Crippen molar-refractivity contribution in [3.05, 3.63) is 102 Å². The van der Waals surface area contributed by atoms with Gasteiger partial charge in [0.25, 0.3) is 5.91 Å². The standard InChI is InChI=1S/C27H26N2O2/c30-27(22-10-12-23(13-11-22)31-19-20-6-2-1-3-7-20)29-16-14-21(15-17-29)25-18-28-26-9-5-4-8-24(25)26/h1-13,18,21,28H,14-17,19H2. The smallest absolute Gasteiger partial charge is 0.253 e. The van der Waals surface area contributed by atoms with Crippen LogP contribution in [0.15, 0.2) is 85.1 Å². The Hall–Kier alpha value is -3.53. The molecule has 4 heteroatoms. The molecular weight excluding hydrogens is 384 g/mol. The number of nitrogens with zero attached hydrogens (tertiary/aromatic N) is 1. The van der Waals surface area contributed by atoms with Gasteiger partial charge in [0.05, 0.1) is 0 Å². The number of benzene rings is 3. The molecule has 156 valence electrons. The van der Waals surface area contributed by atoms with Gasteiger partial charge < -0.3 is 14.6 Å². The van der Waals surface area contributed by atoms with Gasteiger partial charge >= 0.3 is 0 Å². The molecule has 0 unspecified atom stereocenters. The second-order valence-corrected chi connectivity index (χ2v) is 8.15. The number of aromatic amines is 1. The lowest BCUT2D eigenvalue weighted by atomic mass is 9.89. The van der Waals surface area contributed by atoms with E-state index in [4.69, 9.17) is 4.74 Å². The second kappa shape index (κ2) is 8.68. The Morgan fingerprint density at radius 3 is 2.39 bits per heavy atom. The SMILES string of the molecule is O=C(c1ccc(OCc2ccccc2)cc1)N1CCC(c2c[nH]c3ccccc23)CC1. The first kappa shape index (κ1) is 19.4. The zero-order valence-electron chi connectivity index (χ0n) is 17.5. The Kier molecular flexibility index (Phi) is 5.44. The fraction of sp³-hybridized carbons (Fsp3) is 0.222. The molecule has 1 saturated heterocycles. The van der Waals surface area contributed by atoms with Crippen molar-refractivity contribution < 1.29 is 9.53 Å². The largest absolute Gasteiger partial charge is 0.489 e. The van der Waals surface area contributed by atoms with E-state index in [1.54, 1.807) is 0 Å². The maximum atomic E-state index is 13.0. The minimum atomic E-state index is 0.104. The van der Waals surface area contributed by atoms with Crippen LogP contribution in [0.5, 0.6) is 5.75 Å². The lowest BCUT2D eigenvalue weighted by Gasteiger charge is -2.32. The molecule has 1 amide bonds. The number of likely N-dealkylation sites (tertiary alicyclic amines) is 1. The van der Waals surface area contributed by atoms with E-state index in [2.05, 4.69) is 35.4 Å². The third kappa shape index (κ3) is 4.19. The maximum absolute atomic E-state index is 13.0. The number of ether oxygens (including phenoxy) is 1. The average molecular weight is 411 g/mol. The van der Waals surface area contributed by atoms with Crippen molar-refractivity contribution in [3.8, 4) is 5.75 Å². The topological polar surface area (TPSA) is 45.3 Å². The van der Waals surface area contributed by atoms with Gasteiger partial charge in [-0.25, -0.2) is 0 Å². The molecule has 0 spiro atoms. The van der Waals surface area contributed by atoms with Crippen molar-refractivity contribution in [2.75, 3.05) is 13.1 Å². The maximum Gasteiger partial charge on any atom is 0.253 e. The summed E-state index contributed by atoms with van der Waals surface area (Å²) in [5, 5.41) is 1.30. The van der Waals surface area contributed by atoms with Gasteiger partial charge in [-0.1, -0.05) is 48.5 Å². The third-order valence-electron chi connectivity index (χ3n) is 6.19.